The summed E-state index contributed by atoms with van der Waals surface area (Å²) in [6, 6.07) is 3.67. The maximum Gasteiger partial charge on any atom is 0.130 e. The minimum atomic E-state index is -0.556. The Hall–Kier alpha value is -1.33. The molecule has 0 radical (unpaired) electrons. The molecular weight excluding hydrogens is 254 g/mol. The lowest BCUT2D eigenvalue weighted by molar-refractivity contribution is 0.532. The van der Waals surface area contributed by atoms with Crippen LogP contribution in [0.1, 0.15) is 29.2 Å². The van der Waals surface area contributed by atoms with E-state index in [-0.39, 0.29) is 6.04 Å². The fourth-order valence-electron chi connectivity index (χ4n) is 1.59. The summed E-state index contributed by atoms with van der Waals surface area (Å²) >= 11 is 1.57. The lowest BCUT2D eigenvalue weighted by Crippen LogP contribution is -2.18. The Labute approximate surface area is 109 Å². The maximum absolute atomic E-state index is 13.4. The van der Waals surface area contributed by atoms with Gasteiger partial charge in [-0.25, -0.2) is 13.8 Å². The number of rotatable bonds is 4. The molecule has 96 valence electrons. The van der Waals surface area contributed by atoms with Crippen LogP contribution in [0.2, 0.25) is 0 Å². The third-order valence-corrected chi connectivity index (χ3v) is 3.77. The summed E-state index contributed by atoms with van der Waals surface area (Å²) < 4.78 is 26.2. The first-order valence-corrected chi connectivity index (χ1v) is 6.53. The van der Waals surface area contributed by atoms with Gasteiger partial charge >= 0.3 is 0 Å². The highest BCUT2D eigenvalue weighted by molar-refractivity contribution is 7.09. The van der Waals surface area contributed by atoms with Crippen LogP contribution in [0.3, 0.4) is 0 Å². The molecule has 0 saturated heterocycles. The smallest absolute Gasteiger partial charge is 0.130 e. The molecule has 0 bridgehead atoms. The number of benzene rings is 1. The molecule has 0 amide bonds. The molecule has 1 aromatic carbocycles. The van der Waals surface area contributed by atoms with Crippen LogP contribution in [0.25, 0.3) is 0 Å². The summed E-state index contributed by atoms with van der Waals surface area (Å²) in [5, 5.41) is 6.12. The van der Waals surface area contributed by atoms with E-state index in [2.05, 4.69) is 10.3 Å². The highest BCUT2D eigenvalue weighted by Gasteiger charge is 2.10. The predicted molar refractivity (Wildman–Crippen MR) is 68.5 cm³/mol. The predicted octanol–water partition coefficient (Wildman–Crippen LogP) is 3.58. The Morgan fingerprint density at radius 2 is 2.17 bits per heavy atom. The zero-order valence-corrected chi connectivity index (χ0v) is 11.0. The zero-order chi connectivity index (χ0) is 13.1. The van der Waals surface area contributed by atoms with Gasteiger partial charge in [0, 0.05) is 29.2 Å². The summed E-state index contributed by atoms with van der Waals surface area (Å²) in [5.41, 5.74) is 1.44. The highest BCUT2D eigenvalue weighted by atomic mass is 32.1. The van der Waals surface area contributed by atoms with Crippen molar-refractivity contribution in [2.75, 3.05) is 0 Å². The van der Waals surface area contributed by atoms with Gasteiger partial charge in [0.05, 0.1) is 6.04 Å². The van der Waals surface area contributed by atoms with Gasteiger partial charge in [-0.15, -0.1) is 11.3 Å². The van der Waals surface area contributed by atoms with Gasteiger partial charge in [-0.05, 0) is 19.9 Å². The number of hydrogen-bond acceptors (Lipinski definition) is 3. The van der Waals surface area contributed by atoms with Crippen LogP contribution in [0.5, 0.6) is 0 Å². The molecule has 1 N–H and O–H groups in total. The first-order valence-electron chi connectivity index (χ1n) is 5.65. The van der Waals surface area contributed by atoms with Gasteiger partial charge in [-0.2, -0.15) is 0 Å². The van der Waals surface area contributed by atoms with Crippen molar-refractivity contribution in [3.63, 3.8) is 0 Å². The quantitative estimate of drug-likeness (QED) is 0.916. The van der Waals surface area contributed by atoms with Crippen LogP contribution in [-0.2, 0) is 6.54 Å². The Bertz CT molecular complexity index is 540. The Balaban J connectivity index is 1.99. The van der Waals surface area contributed by atoms with Crippen molar-refractivity contribution in [1.82, 2.24) is 10.3 Å². The molecule has 0 fully saturated rings. The third kappa shape index (κ3) is 3.11. The van der Waals surface area contributed by atoms with E-state index in [1.54, 1.807) is 11.3 Å². The average molecular weight is 268 g/mol. The maximum atomic E-state index is 13.4. The molecule has 1 aromatic heterocycles. The molecule has 2 nitrogen and oxygen atoms in total. The molecule has 0 spiro atoms. The van der Waals surface area contributed by atoms with Crippen molar-refractivity contribution in [1.29, 1.82) is 0 Å². The average Bonchev–Trinajstić information content (AvgIpc) is 2.74. The van der Waals surface area contributed by atoms with Crippen molar-refractivity contribution in [3.8, 4) is 0 Å². The van der Waals surface area contributed by atoms with Gasteiger partial charge in [-0.1, -0.05) is 6.07 Å². The van der Waals surface area contributed by atoms with Gasteiger partial charge in [0.2, 0.25) is 0 Å². The van der Waals surface area contributed by atoms with Crippen molar-refractivity contribution in [3.05, 3.63) is 51.5 Å². The van der Waals surface area contributed by atoms with E-state index in [0.717, 1.165) is 16.8 Å². The topological polar surface area (TPSA) is 24.9 Å². The summed E-state index contributed by atoms with van der Waals surface area (Å²) in [6.07, 6.45) is 0. The monoisotopic (exact) mass is 268 g/mol. The number of thiazole rings is 1. The van der Waals surface area contributed by atoms with Crippen molar-refractivity contribution >= 4 is 11.3 Å². The van der Waals surface area contributed by atoms with E-state index in [1.165, 1.54) is 12.1 Å². The van der Waals surface area contributed by atoms with E-state index in [9.17, 15) is 8.78 Å². The van der Waals surface area contributed by atoms with Crippen molar-refractivity contribution in [2.45, 2.75) is 26.4 Å². The van der Waals surface area contributed by atoms with Gasteiger partial charge in [0.15, 0.2) is 0 Å². The summed E-state index contributed by atoms with van der Waals surface area (Å²) in [7, 11) is 0. The largest absolute Gasteiger partial charge is 0.304 e. The van der Waals surface area contributed by atoms with E-state index in [4.69, 9.17) is 0 Å². The second kappa shape index (κ2) is 5.54. The molecule has 2 aromatic rings. The molecule has 1 unspecified atom stereocenters. The molecule has 5 heteroatoms. The van der Waals surface area contributed by atoms with Crippen LogP contribution in [-0.4, -0.2) is 4.98 Å². The summed E-state index contributed by atoms with van der Waals surface area (Å²) in [6.45, 7) is 4.26. The molecule has 0 saturated carbocycles. The Morgan fingerprint density at radius 3 is 2.78 bits per heavy atom. The zero-order valence-electron chi connectivity index (χ0n) is 10.2. The number of halogens is 2. The molecule has 18 heavy (non-hydrogen) atoms. The first-order chi connectivity index (χ1) is 8.56. The number of hydrogen-bond donors (Lipinski definition) is 1. The Morgan fingerprint density at radius 1 is 1.39 bits per heavy atom. The normalized spacial score (nSPS) is 12.7. The van der Waals surface area contributed by atoms with Crippen molar-refractivity contribution in [2.24, 2.45) is 0 Å². The lowest BCUT2D eigenvalue weighted by atomic mass is 10.2. The SMILES string of the molecule is Cc1csc(C(C)NCc2ccc(F)cc2F)n1. The third-order valence-electron chi connectivity index (χ3n) is 2.62. The second-order valence-corrected chi connectivity index (χ2v) is 5.06. The Kier molecular flexibility index (Phi) is 4.04. The fraction of sp³-hybridized carbons (Fsp3) is 0.308. The standard InChI is InChI=1S/C13H14F2N2S/c1-8-7-18-13(17-8)9(2)16-6-10-3-4-11(14)5-12(10)15/h3-5,7,9,16H,6H2,1-2H3. The summed E-state index contributed by atoms with van der Waals surface area (Å²) in [5.74, 6) is -1.08. The second-order valence-electron chi connectivity index (χ2n) is 4.17. The fourth-order valence-corrected chi connectivity index (χ4v) is 2.41. The van der Waals surface area contributed by atoms with Crippen molar-refractivity contribution < 1.29 is 8.78 Å². The van der Waals surface area contributed by atoms with Gasteiger partial charge in [0.1, 0.15) is 16.6 Å². The molecule has 0 aliphatic carbocycles. The lowest BCUT2D eigenvalue weighted by Gasteiger charge is -2.11. The van der Waals surface area contributed by atoms with Gasteiger partial charge < -0.3 is 5.32 Å². The number of aromatic nitrogens is 1. The van der Waals surface area contributed by atoms with E-state index in [0.29, 0.717) is 12.1 Å². The molecule has 2 rings (SSSR count). The molecule has 0 aliphatic rings. The summed E-state index contributed by atoms with van der Waals surface area (Å²) in [4.78, 5) is 4.36. The van der Waals surface area contributed by atoms with E-state index < -0.39 is 11.6 Å². The molecule has 1 atom stereocenters. The minimum Gasteiger partial charge on any atom is -0.304 e. The first kappa shape index (κ1) is 13.1. The number of aryl methyl sites for hydroxylation is 1. The van der Waals surface area contributed by atoms with Crippen LogP contribution < -0.4 is 5.32 Å². The molecule has 1 heterocycles. The van der Waals surface area contributed by atoms with E-state index >= 15 is 0 Å². The molecule has 0 aliphatic heterocycles. The van der Waals surface area contributed by atoms with Crippen LogP contribution in [0, 0.1) is 18.6 Å². The van der Waals surface area contributed by atoms with Crippen LogP contribution in [0.4, 0.5) is 8.78 Å². The number of nitrogens with one attached hydrogen (secondary N) is 1. The number of nitrogens with zero attached hydrogens (tertiary/aromatic N) is 1. The van der Waals surface area contributed by atoms with Crippen LogP contribution in [0.15, 0.2) is 23.6 Å². The van der Waals surface area contributed by atoms with Crippen LogP contribution >= 0.6 is 11.3 Å². The highest BCUT2D eigenvalue weighted by Crippen LogP contribution is 2.18. The van der Waals surface area contributed by atoms with Gasteiger partial charge in [-0.3, -0.25) is 0 Å². The molecular formula is C13H14F2N2S. The van der Waals surface area contributed by atoms with E-state index in [1.807, 2.05) is 19.2 Å². The van der Waals surface area contributed by atoms with Gasteiger partial charge in [0.25, 0.3) is 0 Å². The minimum absolute atomic E-state index is 0.0492.